The van der Waals surface area contributed by atoms with Crippen molar-refractivity contribution in [2.45, 2.75) is 0 Å². The van der Waals surface area contributed by atoms with Crippen molar-refractivity contribution < 1.29 is 4.39 Å². The number of benzene rings is 1. The predicted molar refractivity (Wildman–Crippen MR) is 79.4 cm³/mol. The van der Waals surface area contributed by atoms with Gasteiger partial charge in [0.05, 0.1) is 16.1 Å². The molecule has 0 unspecified atom stereocenters. The number of nitrogen functional groups attached to an aromatic ring is 1. The van der Waals surface area contributed by atoms with E-state index in [9.17, 15) is 4.39 Å². The van der Waals surface area contributed by atoms with Crippen LogP contribution in [0, 0.1) is 5.82 Å². The fourth-order valence-corrected chi connectivity index (χ4v) is 3.50. The summed E-state index contributed by atoms with van der Waals surface area (Å²) in [6.45, 7) is 0. The van der Waals surface area contributed by atoms with E-state index in [1.165, 1.54) is 12.1 Å². The minimum absolute atomic E-state index is 0.297. The van der Waals surface area contributed by atoms with Crippen molar-refractivity contribution in [2.24, 2.45) is 0 Å². The Kier molecular flexibility index (Phi) is 3.12. The van der Waals surface area contributed by atoms with E-state index >= 15 is 0 Å². The quantitative estimate of drug-likeness (QED) is 0.732. The van der Waals surface area contributed by atoms with Crippen LogP contribution in [0.5, 0.6) is 0 Å². The number of thiophene rings is 1. The van der Waals surface area contributed by atoms with Gasteiger partial charge in [0.1, 0.15) is 5.82 Å². The number of H-pyrrole nitrogens is 1. The van der Waals surface area contributed by atoms with Crippen LogP contribution in [0.1, 0.15) is 0 Å². The molecule has 6 heteroatoms. The Morgan fingerprint density at radius 1 is 1.32 bits per heavy atom. The predicted octanol–water partition coefficient (Wildman–Crippen LogP) is 4.29. The van der Waals surface area contributed by atoms with Gasteiger partial charge in [0.25, 0.3) is 0 Å². The summed E-state index contributed by atoms with van der Waals surface area (Å²) < 4.78 is 14.3. The van der Waals surface area contributed by atoms with Crippen molar-refractivity contribution in [3.05, 3.63) is 46.0 Å². The average molecular weight is 338 g/mol. The lowest BCUT2D eigenvalue weighted by atomic mass is 10.0. The molecule has 0 bridgehead atoms. The highest BCUT2D eigenvalue weighted by molar-refractivity contribution is 9.10. The van der Waals surface area contributed by atoms with Gasteiger partial charge in [0.15, 0.2) is 5.82 Å². The number of aromatic amines is 1. The van der Waals surface area contributed by atoms with E-state index in [1.54, 1.807) is 17.4 Å². The number of nitrogens with zero attached hydrogens (tertiary/aromatic N) is 1. The first-order chi connectivity index (χ1) is 9.16. The second-order valence-electron chi connectivity index (χ2n) is 3.97. The summed E-state index contributed by atoms with van der Waals surface area (Å²) in [7, 11) is 0. The average Bonchev–Trinajstić information content (AvgIpc) is 2.95. The van der Waals surface area contributed by atoms with Gasteiger partial charge in [-0.05, 0) is 45.1 Å². The van der Waals surface area contributed by atoms with E-state index in [2.05, 4.69) is 26.1 Å². The molecule has 3 aromatic rings. The van der Waals surface area contributed by atoms with Gasteiger partial charge < -0.3 is 5.73 Å². The van der Waals surface area contributed by atoms with E-state index in [0.29, 0.717) is 11.4 Å². The van der Waals surface area contributed by atoms with E-state index in [0.717, 1.165) is 20.6 Å². The Hall–Kier alpha value is -1.66. The number of halogens is 2. The molecule has 0 fully saturated rings. The summed E-state index contributed by atoms with van der Waals surface area (Å²) in [6.07, 6.45) is 0. The third-order valence-electron chi connectivity index (χ3n) is 2.75. The minimum Gasteiger partial charge on any atom is -0.382 e. The normalized spacial score (nSPS) is 10.8. The second kappa shape index (κ2) is 4.79. The highest BCUT2D eigenvalue weighted by atomic mass is 79.9. The SMILES string of the molecule is Nc1n[nH]c(-c2sccc2Br)c1-c1cccc(F)c1. The molecule has 0 aliphatic carbocycles. The number of hydrogen-bond donors (Lipinski definition) is 2. The van der Waals surface area contributed by atoms with Crippen LogP contribution in [-0.2, 0) is 0 Å². The first-order valence-corrected chi connectivity index (χ1v) is 7.17. The Labute approximate surface area is 121 Å². The maximum Gasteiger partial charge on any atom is 0.153 e. The number of rotatable bonds is 2. The Balaban J connectivity index is 2.22. The number of hydrogen-bond acceptors (Lipinski definition) is 3. The molecule has 3 N–H and O–H groups in total. The van der Waals surface area contributed by atoms with E-state index in [1.807, 2.05) is 17.5 Å². The van der Waals surface area contributed by atoms with Crippen LogP contribution >= 0.6 is 27.3 Å². The standard InChI is InChI=1S/C13H9BrFN3S/c14-9-4-5-19-12(9)11-10(13(16)18-17-11)7-2-1-3-8(15)6-7/h1-6H,(H3,16,17,18). The van der Waals surface area contributed by atoms with Crippen LogP contribution in [-0.4, -0.2) is 10.2 Å². The smallest absolute Gasteiger partial charge is 0.153 e. The van der Waals surface area contributed by atoms with Crippen molar-refractivity contribution in [1.82, 2.24) is 10.2 Å². The third-order valence-corrected chi connectivity index (χ3v) is 4.61. The highest BCUT2D eigenvalue weighted by Gasteiger charge is 2.17. The summed E-state index contributed by atoms with van der Waals surface area (Å²) >= 11 is 5.04. The molecular weight excluding hydrogens is 329 g/mol. The van der Waals surface area contributed by atoms with Crippen LogP contribution in [0.25, 0.3) is 21.7 Å². The summed E-state index contributed by atoms with van der Waals surface area (Å²) in [4.78, 5) is 0.989. The molecular formula is C13H9BrFN3S. The first kappa shape index (κ1) is 12.4. The molecule has 0 aliphatic heterocycles. The zero-order chi connectivity index (χ0) is 13.4. The zero-order valence-corrected chi connectivity index (χ0v) is 12.1. The maximum absolute atomic E-state index is 13.4. The molecule has 2 aromatic heterocycles. The molecule has 19 heavy (non-hydrogen) atoms. The van der Waals surface area contributed by atoms with Crippen molar-refractivity contribution in [2.75, 3.05) is 5.73 Å². The van der Waals surface area contributed by atoms with Crippen molar-refractivity contribution in [3.8, 4) is 21.7 Å². The molecule has 0 aliphatic rings. The molecule has 0 amide bonds. The Morgan fingerprint density at radius 3 is 2.84 bits per heavy atom. The monoisotopic (exact) mass is 337 g/mol. The zero-order valence-electron chi connectivity index (χ0n) is 9.65. The fraction of sp³-hybridized carbons (Fsp3) is 0. The van der Waals surface area contributed by atoms with E-state index < -0.39 is 0 Å². The van der Waals surface area contributed by atoms with Crippen molar-refractivity contribution >= 4 is 33.1 Å². The molecule has 1 aromatic carbocycles. The van der Waals surface area contributed by atoms with Crippen LogP contribution in [0.15, 0.2) is 40.2 Å². The molecule has 0 spiro atoms. The van der Waals surface area contributed by atoms with Gasteiger partial charge in [-0.15, -0.1) is 11.3 Å². The molecule has 0 atom stereocenters. The van der Waals surface area contributed by atoms with Gasteiger partial charge >= 0.3 is 0 Å². The Bertz CT molecular complexity index is 735. The second-order valence-corrected chi connectivity index (χ2v) is 5.74. The van der Waals surface area contributed by atoms with Crippen molar-refractivity contribution in [3.63, 3.8) is 0 Å². The number of anilines is 1. The Morgan fingerprint density at radius 2 is 2.16 bits per heavy atom. The number of nitrogens with two attached hydrogens (primary N) is 1. The lowest BCUT2D eigenvalue weighted by Crippen LogP contribution is -1.89. The molecule has 3 nitrogen and oxygen atoms in total. The molecule has 0 radical (unpaired) electrons. The van der Waals surface area contributed by atoms with Crippen LogP contribution in [0.4, 0.5) is 10.2 Å². The molecule has 96 valence electrons. The third kappa shape index (κ3) is 2.17. The van der Waals surface area contributed by atoms with Gasteiger partial charge in [0.2, 0.25) is 0 Å². The largest absolute Gasteiger partial charge is 0.382 e. The summed E-state index contributed by atoms with van der Waals surface area (Å²) in [6, 6.07) is 8.28. The van der Waals surface area contributed by atoms with E-state index in [-0.39, 0.29) is 5.82 Å². The lowest BCUT2D eigenvalue weighted by Gasteiger charge is -2.04. The van der Waals surface area contributed by atoms with Gasteiger partial charge in [0, 0.05) is 4.47 Å². The van der Waals surface area contributed by atoms with Gasteiger partial charge in [-0.2, -0.15) is 5.10 Å². The van der Waals surface area contributed by atoms with E-state index in [4.69, 9.17) is 5.73 Å². The summed E-state index contributed by atoms with van der Waals surface area (Å²) in [5.74, 6) is 0.0650. The molecule has 2 heterocycles. The fourth-order valence-electron chi connectivity index (χ4n) is 1.93. The minimum atomic E-state index is -0.297. The topological polar surface area (TPSA) is 54.7 Å². The summed E-state index contributed by atoms with van der Waals surface area (Å²) in [5.41, 5.74) is 8.13. The van der Waals surface area contributed by atoms with Crippen LogP contribution < -0.4 is 5.73 Å². The van der Waals surface area contributed by atoms with Gasteiger partial charge in [-0.3, -0.25) is 5.10 Å². The molecule has 3 rings (SSSR count). The van der Waals surface area contributed by atoms with Crippen LogP contribution in [0.2, 0.25) is 0 Å². The van der Waals surface area contributed by atoms with Gasteiger partial charge in [-0.1, -0.05) is 12.1 Å². The summed E-state index contributed by atoms with van der Waals surface area (Å²) in [5, 5.41) is 8.92. The van der Waals surface area contributed by atoms with Crippen LogP contribution in [0.3, 0.4) is 0 Å². The lowest BCUT2D eigenvalue weighted by molar-refractivity contribution is 0.628. The highest BCUT2D eigenvalue weighted by Crippen LogP contribution is 2.40. The number of aromatic nitrogens is 2. The first-order valence-electron chi connectivity index (χ1n) is 5.50. The number of nitrogens with one attached hydrogen (secondary N) is 1. The maximum atomic E-state index is 13.4. The van der Waals surface area contributed by atoms with Gasteiger partial charge in [-0.25, -0.2) is 4.39 Å². The molecule has 0 saturated heterocycles. The van der Waals surface area contributed by atoms with Crippen molar-refractivity contribution in [1.29, 1.82) is 0 Å². The molecule has 0 saturated carbocycles.